The van der Waals surface area contributed by atoms with Gasteiger partial charge in [0.15, 0.2) is 5.11 Å². The predicted molar refractivity (Wildman–Crippen MR) is 131 cm³/mol. The number of fused-ring (bicyclic) bond motifs is 1. The van der Waals surface area contributed by atoms with Crippen molar-refractivity contribution in [3.05, 3.63) is 65.1 Å². The summed E-state index contributed by atoms with van der Waals surface area (Å²) in [7, 11) is 0. The van der Waals surface area contributed by atoms with Gasteiger partial charge < -0.3 is 19.4 Å². The Labute approximate surface area is 198 Å². The van der Waals surface area contributed by atoms with Gasteiger partial charge in [-0.15, -0.1) is 0 Å². The number of nitrogens with zero attached hydrogens (tertiary/aromatic N) is 2. The summed E-state index contributed by atoms with van der Waals surface area (Å²) in [5, 5.41) is 4.88. The Morgan fingerprint density at radius 1 is 1.22 bits per heavy atom. The van der Waals surface area contributed by atoms with E-state index >= 15 is 0 Å². The van der Waals surface area contributed by atoms with Crippen LogP contribution in [0, 0.1) is 5.82 Å². The highest BCUT2D eigenvalue weighted by atomic mass is 35.5. The molecule has 0 aliphatic carbocycles. The molecular formula is C24H27ClFN3O2S. The van der Waals surface area contributed by atoms with Crippen LogP contribution in [0.1, 0.15) is 25.1 Å². The zero-order valence-electron chi connectivity index (χ0n) is 18.0. The molecule has 1 aromatic heterocycles. The minimum absolute atomic E-state index is 0.0574. The van der Waals surface area contributed by atoms with Crippen molar-refractivity contribution in [2.45, 2.75) is 19.4 Å². The summed E-state index contributed by atoms with van der Waals surface area (Å²) in [6, 6.07) is 14.4. The Morgan fingerprint density at radius 2 is 2.00 bits per heavy atom. The van der Waals surface area contributed by atoms with Gasteiger partial charge in [0.1, 0.15) is 17.2 Å². The van der Waals surface area contributed by atoms with Gasteiger partial charge in [-0.3, -0.25) is 4.90 Å². The number of morpholine rings is 1. The van der Waals surface area contributed by atoms with E-state index in [1.807, 2.05) is 24.3 Å². The normalized spacial score (nSPS) is 15.6. The zero-order chi connectivity index (χ0) is 22.5. The molecule has 8 heteroatoms. The lowest BCUT2D eigenvalue weighted by atomic mass is 10.2. The van der Waals surface area contributed by atoms with Crippen molar-refractivity contribution in [2.75, 3.05) is 44.7 Å². The van der Waals surface area contributed by atoms with Crippen LogP contribution in [0.3, 0.4) is 0 Å². The Balaban J connectivity index is 1.50. The number of hydrogen-bond donors (Lipinski definition) is 1. The second kappa shape index (κ2) is 10.6. The first kappa shape index (κ1) is 23.0. The Bertz CT molecular complexity index is 1040. The molecule has 1 fully saturated rings. The highest BCUT2D eigenvalue weighted by Gasteiger charge is 2.23. The van der Waals surface area contributed by atoms with E-state index in [4.69, 9.17) is 33.0 Å². The largest absolute Gasteiger partial charge is 0.459 e. The van der Waals surface area contributed by atoms with Gasteiger partial charge >= 0.3 is 0 Å². The van der Waals surface area contributed by atoms with E-state index in [-0.39, 0.29) is 11.1 Å². The number of para-hydroxylation sites is 1. The monoisotopic (exact) mass is 475 g/mol. The molecule has 32 heavy (non-hydrogen) atoms. The predicted octanol–water partition coefficient (Wildman–Crippen LogP) is 5.71. The van der Waals surface area contributed by atoms with E-state index in [2.05, 4.69) is 28.1 Å². The number of benzene rings is 2. The third kappa shape index (κ3) is 5.59. The maximum atomic E-state index is 13.6. The molecule has 170 valence electrons. The molecule has 2 aromatic carbocycles. The van der Waals surface area contributed by atoms with Crippen LogP contribution in [-0.4, -0.2) is 54.3 Å². The molecule has 0 saturated carbocycles. The van der Waals surface area contributed by atoms with E-state index in [0.717, 1.165) is 62.5 Å². The number of rotatable bonds is 7. The van der Waals surface area contributed by atoms with Gasteiger partial charge in [-0.2, -0.15) is 0 Å². The summed E-state index contributed by atoms with van der Waals surface area (Å²) in [4.78, 5) is 4.52. The van der Waals surface area contributed by atoms with Gasteiger partial charge in [-0.05, 0) is 55.9 Å². The molecule has 0 unspecified atom stereocenters. The fourth-order valence-corrected chi connectivity index (χ4v) is 4.44. The van der Waals surface area contributed by atoms with E-state index in [9.17, 15) is 4.39 Å². The lowest BCUT2D eigenvalue weighted by Gasteiger charge is -2.32. The van der Waals surface area contributed by atoms with Gasteiger partial charge in [0.05, 0.1) is 24.3 Å². The van der Waals surface area contributed by atoms with Crippen LogP contribution in [0.4, 0.5) is 10.1 Å². The van der Waals surface area contributed by atoms with Crippen molar-refractivity contribution >= 4 is 45.6 Å². The Morgan fingerprint density at radius 3 is 2.75 bits per heavy atom. The second-order valence-corrected chi connectivity index (χ2v) is 8.72. The molecule has 4 rings (SSSR count). The molecule has 1 aliphatic rings. The SMILES string of the molecule is C[C@@H](c1cc2ccccc2o1)N(CCCN1CCOCC1)C(=S)Nc1ccc(F)c(Cl)c1. The standard InChI is InChI=1S/C24H27ClFN3O2S/c1-17(23-15-18-5-2-3-6-22(18)31-23)29(10-4-9-28-11-13-30-14-12-28)24(32)27-19-7-8-21(26)20(25)16-19/h2-3,5-8,15-17H,4,9-14H2,1H3,(H,27,32)/t17-/m0/s1. The maximum absolute atomic E-state index is 13.6. The van der Waals surface area contributed by atoms with Gasteiger partial charge in [0, 0.05) is 37.3 Å². The van der Waals surface area contributed by atoms with Gasteiger partial charge in [0.2, 0.25) is 0 Å². The molecule has 2 heterocycles. The van der Waals surface area contributed by atoms with E-state index in [1.54, 1.807) is 12.1 Å². The van der Waals surface area contributed by atoms with Crippen molar-refractivity contribution in [2.24, 2.45) is 0 Å². The van der Waals surface area contributed by atoms with Crippen LogP contribution < -0.4 is 5.32 Å². The number of furan rings is 1. The highest BCUT2D eigenvalue weighted by molar-refractivity contribution is 7.80. The van der Waals surface area contributed by atoms with Crippen molar-refractivity contribution in [3.8, 4) is 0 Å². The molecule has 1 N–H and O–H groups in total. The van der Waals surface area contributed by atoms with Crippen LogP contribution in [0.25, 0.3) is 11.0 Å². The first-order valence-electron chi connectivity index (χ1n) is 10.8. The second-order valence-electron chi connectivity index (χ2n) is 7.92. The van der Waals surface area contributed by atoms with Crippen molar-refractivity contribution in [1.29, 1.82) is 0 Å². The Kier molecular flexibility index (Phi) is 7.63. The van der Waals surface area contributed by atoms with Crippen molar-refractivity contribution in [3.63, 3.8) is 0 Å². The molecule has 3 aromatic rings. The summed E-state index contributed by atoms with van der Waals surface area (Å²) in [6.45, 7) is 7.27. The fourth-order valence-electron chi connectivity index (χ4n) is 3.89. The van der Waals surface area contributed by atoms with Crippen LogP contribution in [0.15, 0.2) is 52.9 Å². The number of thiocarbonyl (C=S) groups is 1. The molecule has 0 bridgehead atoms. The minimum Gasteiger partial charge on any atom is -0.459 e. The number of ether oxygens (including phenoxy) is 1. The smallest absolute Gasteiger partial charge is 0.174 e. The average molecular weight is 476 g/mol. The summed E-state index contributed by atoms with van der Waals surface area (Å²) < 4.78 is 25.1. The van der Waals surface area contributed by atoms with Crippen LogP contribution in [-0.2, 0) is 4.74 Å². The van der Waals surface area contributed by atoms with E-state index in [0.29, 0.717) is 10.8 Å². The number of halogens is 2. The fraction of sp³-hybridized carbons (Fsp3) is 0.375. The first-order valence-corrected chi connectivity index (χ1v) is 11.6. The molecule has 0 spiro atoms. The van der Waals surface area contributed by atoms with Gasteiger partial charge in [-0.1, -0.05) is 29.8 Å². The number of anilines is 1. The molecule has 5 nitrogen and oxygen atoms in total. The summed E-state index contributed by atoms with van der Waals surface area (Å²) >= 11 is 11.7. The third-order valence-electron chi connectivity index (χ3n) is 5.73. The molecule has 1 aliphatic heterocycles. The molecular weight excluding hydrogens is 449 g/mol. The maximum Gasteiger partial charge on any atom is 0.174 e. The molecule has 0 amide bonds. The summed E-state index contributed by atoms with van der Waals surface area (Å²) in [5.74, 6) is 0.389. The first-order chi connectivity index (χ1) is 15.5. The summed E-state index contributed by atoms with van der Waals surface area (Å²) in [6.07, 6.45) is 0.941. The third-order valence-corrected chi connectivity index (χ3v) is 6.36. The zero-order valence-corrected chi connectivity index (χ0v) is 19.6. The average Bonchev–Trinajstić information content (AvgIpc) is 3.24. The topological polar surface area (TPSA) is 40.9 Å². The highest BCUT2D eigenvalue weighted by Crippen LogP contribution is 2.28. The van der Waals surface area contributed by atoms with Crippen molar-refractivity contribution in [1.82, 2.24) is 9.80 Å². The lowest BCUT2D eigenvalue weighted by molar-refractivity contribution is 0.0365. The number of hydrogen-bond acceptors (Lipinski definition) is 4. The number of nitrogens with one attached hydrogen (secondary N) is 1. The molecule has 0 radical (unpaired) electrons. The van der Waals surface area contributed by atoms with Gasteiger partial charge in [0.25, 0.3) is 0 Å². The molecule has 1 saturated heterocycles. The lowest BCUT2D eigenvalue weighted by Crippen LogP contribution is -2.41. The van der Waals surface area contributed by atoms with Crippen molar-refractivity contribution < 1.29 is 13.5 Å². The summed E-state index contributed by atoms with van der Waals surface area (Å²) in [5.41, 5.74) is 1.50. The van der Waals surface area contributed by atoms with Crippen LogP contribution in [0.2, 0.25) is 5.02 Å². The minimum atomic E-state index is -0.457. The Hall–Kier alpha value is -2.19. The van der Waals surface area contributed by atoms with Gasteiger partial charge in [-0.25, -0.2) is 4.39 Å². The molecule has 1 atom stereocenters. The van der Waals surface area contributed by atoms with Crippen LogP contribution in [0.5, 0.6) is 0 Å². The van der Waals surface area contributed by atoms with E-state index < -0.39 is 5.82 Å². The van der Waals surface area contributed by atoms with Crippen LogP contribution >= 0.6 is 23.8 Å². The quantitative estimate of drug-likeness (QED) is 0.441. The van der Waals surface area contributed by atoms with E-state index in [1.165, 1.54) is 6.07 Å².